The Balaban J connectivity index is 1.61. The zero-order valence-electron chi connectivity index (χ0n) is 12.9. The molecule has 1 aromatic heterocycles. The van der Waals surface area contributed by atoms with Gasteiger partial charge in [-0.25, -0.2) is 0 Å². The van der Waals surface area contributed by atoms with E-state index in [-0.39, 0.29) is 18.1 Å². The summed E-state index contributed by atoms with van der Waals surface area (Å²) in [5, 5.41) is 20.4. The van der Waals surface area contributed by atoms with Gasteiger partial charge in [-0.2, -0.15) is 0 Å². The van der Waals surface area contributed by atoms with Crippen molar-refractivity contribution < 1.29 is 14.4 Å². The lowest BCUT2D eigenvalue weighted by Gasteiger charge is -2.26. The number of hydrogen-bond donors (Lipinski definition) is 3. The summed E-state index contributed by atoms with van der Waals surface area (Å²) in [6.07, 6.45) is 2.20. The van der Waals surface area contributed by atoms with Crippen LogP contribution in [0.1, 0.15) is 29.8 Å². The molecule has 0 radical (unpaired) electrons. The number of aliphatic hydroxyl groups is 1. The SMILES string of the molecule is O=C(NC[C@@]1(O)CCCNCC1)c1cc(-c2ccccc2)on1. The molecule has 0 bridgehead atoms. The van der Waals surface area contributed by atoms with Gasteiger partial charge < -0.3 is 20.3 Å². The van der Waals surface area contributed by atoms with Crippen molar-refractivity contribution in [3.8, 4) is 11.3 Å². The van der Waals surface area contributed by atoms with E-state index in [0.29, 0.717) is 18.6 Å². The highest BCUT2D eigenvalue weighted by molar-refractivity contribution is 5.93. The predicted molar refractivity (Wildman–Crippen MR) is 85.9 cm³/mol. The van der Waals surface area contributed by atoms with Crippen molar-refractivity contribution in [3.63, 3.8) is 0 Å². The summed E-state index contributed by atoms with van der Waals surface area (Å²) >= 11 is 0. The largest absolute Gasteiger partial charge is 0.388 e. The lowest BCUT2D eigenvalue weighted by atomic mass is 9.95. The summed E-state index contributed by atoms with van der Waals surface area (Å²) in [7, 11) is 0. The number of carbonyl (C=O) groups is 1. The number of benzene rings is 1. The molecule has 0 unspecified atom stereocenters. The minimum Gasteiger partial charge on any atom is -0.388 e. The third kappa shape index (κ3) is 3.97. The highest BCUT2D eigenvalue weighted by atomic mass is 16.5. The van der Waals surface area contributed by atoms with Crippen LogP contribution in [0.5, 0.6) is 0 Å². The first-order valence-corrected chi connectivity index (χ1v) is 7.90. The molecule has 0 spiro atoms. The molecule has 1 aliphatic rings. The summed E-state index contributed by atoms with van der Waals surface area (Å²) in [6, 6.07) is 11.1. The quantitative estimate of drug-likeness (QED) is 0.797. The van der Waals surface area contributed by atoms with Crippen molar-refractivity contribution >= 4 is 5.91 Å². The fraction of sp³-hybridized carbons (Fsp3) is 0.412. The molecule has 23 heavy (non-hydrogen) atoms. The van der Waals surface area contributed by atoms with Crippen LogP contribution in [0.3, 0.4) is 0 Å². The van der Waals surface area contributed by atoms with Gasteiger partial charge in [0.15, 0.2) is 11.5 Å². The fourth-order valence-corrected chi connectivity index (χ4v) is 2.75. The minimum atomic E-state index is -0.856. The standard InChI is InChI=1S/C17H21N3O3/c21-16(19-12-17(22)7-4-9-18-10-8-17)14-11-15(23-20-14)13-5-2-1-3-6-13/h1-3,5-6,11,18,22H,4,7-10,12H2,(H,19,21)/t17-/m1/s1. The van der Waals surface area contributed by atoms with Gasteiger partial charge in [0.1, 0.15) is 0 Å². The molecule has 1 amide bonds. The van der Waals surface area contributed by atoms with Crippen molar-refractivity contribution in [2.24, 2.45) is 0 Å². The smallest absolute Gasteiger partial charge is 0.273 e. The van der Waals surface area contributed by atoms with E-state index in [1.165, 1.54) is 0 Å². The van der Waals surface area contributed by atoms with Crippen molar-refractivity contribution in [2.45, 2.75) is 24.9 Å². The normalized spacial score (nSPS) is 21.6. The van der Waals surface area contributed by atoms with Crippen LogP contribution in [0.2, 0.25) is 0 Å². The van der Waals surface area contributed by atoms with Gasteiger partial charge in [-0.3, -0.25) is 4.79 Å². The first-order chi connectivity index (χ1) is 11.2. The van der Waals surface area contributed by atoms with Gasteiger partial charge in [0.25, 0.3) is 5.91 Å². The van der Waals surface area contributed by atoms with E-state index in [0.717, 1.165) is 25.1 Å². The highest BCUT2D eigenvalue weighted by Gasteiger charge is 2.28. The maximum Gasteiger partial charge on any atom is 0.273 e. The molecule has 3 N–H and O–H groups in total. The van der Waals surface area contributed by atoms with Crippen molar-refractivity contribution in [3.05, 3.63) is 42.1 Å². The molecule has 1 atom stereocenters. The van der Waals surface area contributed by atoms with Gasteiger partial charge in [-0.15, -0.1) is 0 Å². The predicted octanol–water partition coefficient (Wildman–Crippen LogP) is 1.58. The lowest BCUT2D eigenvalue weighted by Crippen LogP contribution is -2.43. The zero-order valence-corrected chi connectivity index (χ0v) is 12.9. The Morgan fingerprint density at radius 2 is 2.13 bits per heavy atom. The molecule has 1 fully saturated rings. The molecule has 3 rings (SSSR count). The molecule has 1 saturated heterocycles. The number of aromatic nitrogens is 1. The second-order valence-corrected chi connectivity index (χ2v) is 5.95. The highest BCUT2D eigenvalue weighted by Crippen LogP contribution is 2.21. The maximum atomic E-state index is 12.2. The van der Waals surface area contributed by atoms with Crippen LogP contribution in [0.25, 0.3) is 11.3 Å². The van der Waals surface area contributed by atoms with E-state index in [2.05, 4.69) is 15.8 Å². The molecule has 0 saturated carbocycles. The van der Waals surface area contributed by atoms with Gasteiger partial charge in [-0.05, 0) is 32.4 Å². The number of rotatable bonds is 4. The van der Waals surface area contributed by atoms with Crippen LogP contribution in [-0.2, 0) is 0 Å². The monoisotopic (exact) mass is 315 g/mol. The summed E-state index contributed by atoms with van der Waals surface area (Å²) in [5.74, 6) is 0.217. The second kappa shape index (κ2) is 6.93. The first-order valence-electron chi connectivity index (χ1n) is 7.90. The third-order valence-electron chi connectivity index (χ3n) is 4.14. The Bertz CT molecular complexity index is 646. The molecule has 1 aromatic carbocycles. The molecular weight excluding hydrogens is 294 g/mol. The third-order valence-corrected chi connectivity index (χ3v) is 4.14. The van der Waals surface area contributed by atoms with Crippen LogP contribution in [0.15, 0.2) is 40.9 Å². The van der Waals surface area contributed by atoms with E-state index in [9.17, 15) is 9.90 Å². The van der Waals surface area contributed by atoms with Crippen molar-refractivity contribution in [2.75, 3.05) is 19.6 Å². The van der Waals surface area contributed by atoms with Crippen molar-refractivity contribution in [1.29, 1.82) is 0 Å². The average Bonchev–Trinajstić information content (AvgIpc) is 2.97. The molecule has 1 aliphatic heterocycles. The van der Waals surface area contributed by atoms with Gasteiger partial charge in [0.05, 0.1) is 5.60 Å². The van der Waals surface area contributed by atoms with Gasteiger partial charge >= 0.3 is 0 Å². The van der Waals surface area contributed by atoms with Crippen LogP contribution in [0, 0.1) is 0 Å². The molecule has 2 aromatic rings. The Morgan fingerprint density at radius 1 is 1.30 bits per heavy atom. The number of nitrogens with zero attached hydrogens (tertiary/aromatic N) is 1. The van der Waals surface area contributed by atoms with Crippen LogP contribution >= 0.6 is 0 Å². The van der Waals surface area contributed by atoms with Gasteiger partial charge in [-0.1, -0.05) is 35.5 Å². The summed E-state index contributed by atoms with van der Waals surface area (Å²) in [5.41, 5.74) is 0.234. The summed E-state index contributed by atoms with van der Waals surface area (Å²) in [6.45, 7) is 1.88. The van der Waals surface area contributed by atoms with E-state index in [4.69, 9.17) is 4.52 Å². The van der Waals surface area contributed by atoms with E-state index in [1.807, 2.05) is 30.3 Å². The number of nitrogens with one attached hydrogen (secondary N) is 2. The summed E-state index contributed by atoms with van der Waals surface area (Å²) < 4.78 is 5.23. The molecule has 6 nitrogen and oxygen atoms in total. The van der Waals surface area contributed by atoms with Crippen LogP contribution in [0.4, 0.5) is 0 Å². The zero-order chi connectivity index (χ0) is 16.1. The van der Waals surface area contributed by atoms with Gasteiger partial charge in [0, 0.05) is 18.2 Å². The fourth-order valence-electron chi connectivity index (χ4n) is 2.75. The topological polar surface area (TPSA) is 87.4 Å². The average molecular weight is 315 g/mol. The second-order valence-electron chi connectivity index (χ2n) is 5.95. The molecule has 2 heterocycles. The minimum absolute atomic E-state index is 0.221. The number of carbonyl (C=O) groups excluding carboxylic acids is 1. The molecule has 6 heteroatoms. The molecule has 122 valence electrons. The Kier molecular flexibility index (Phi) is 4.73. The van der Waals surface area contributed by atoms with Crippen LogP contribution < -0.4 is 10.6 Å². The maximum absolute atomic E-state index is 12.2. The van der Waals surface area contributed by atoms with Crippen molar-refractivity contribution in [1.82, 2.24) is 15.8 Å². The molecule has 0 aliphatic carbocycles. The number of hydrogen-bond acceptors (Lipinski definition) is 5. The van der Waals surface area contributed by atoms with Gasteiger partial charge in [0.2, 0.25) is 0 Å². The summed E-state index contributed by atoms with van der Waals surface area (Å²) in [4.78, 5) is 12.2. The Labute approximate surface area is 134 Å². The van der Waals surface area contributed by atoms with Crippen LogP contribution in [-0.4, -0.2) is 41.4 Å². The molecular formula is C17H21N3O3. The van der Waals surface area contributed by atoms with E-state index in [1.54, 1.807) is 6.07 Å². The Morgan fingerprint density at radius 3 is 2.96 bits per heavy atom. The Hall–Kier alpha value is -2.18. The lowest BCUT2D eigenvalue weighted by molar-refractivity contribution is 0.0274. The first kappa shape index (κ1) is 15.7. The van der Waals surface area contributed by atoms with E-state index < -0.39 is 5.60 Å². The number of amides is 1. The van der Waals surface area contributed by atoms with E-state index >= 15 is 0 Å².